The Labute approximate surface area is 103 Å². The molecular formula is C13H23NO3. The van der Waals surface area contributed by atoms with Gasteiger partial charge in [0, 0.05) is 19.5 Å². The van der Waals surface area contributed by atoms with Crippen LogP contribution in [0.2, 0.25) is 0 Å². The highest BCUT2D eigenvalue weighted by atomic mass is 16.5. The second-order valence-electron chi connectivity index (χ2n) is 4.88. The van der Waals surface area contributed by atoms with Crippen LogP contribution in [0.3, 0.4) is 0 Å². The number of nitrogens with zero attached hydrogens (tertiary/aromatic N) is 1. The van der Waals surface area contributed by atoms with Crippen molar-refractivity contribution in [3.63, 3.8) is 0 Å². The molecule has 0 N–H and O–H groups in total. The van der Waals surface area contributed by atoms with E-state index in [2.05, 4.69) is 6.92 Å². The molecule has 0 spiro atoms. The minimum Gasteiger partial charge on any atom is -0.380 e. The first-order valence-corrected chi connectivity index (χ1v) is 6.44. The number of hydrogen-bond acceptors (Lipinski definition) is 3. The zero-order valence-corrected chi connectivity index (χ0v) is 10.9. The summed E-state index contributed by atoms with van der Waals surface area (Å²) >= 11 is 0. The van der Waals surface area contributed by atoms with Gasteiger partial charge in [-0.15, -0.1) is 0 Å². The van der Waals surface area contributed by atoms with E-state index in [0.717, 1.165) is 31.8 Å². The summed E-state index contributed by atoms with van der Waals surface area (Å²) in [5.74, 6) is 1.05. The van der Waals surface area contributed by atoms with Crippen molar-refractivity contribution in [2.45, 2.75) is 39.5 Å². The Bertz CT molecular complexity index is 257. The van der Waals surface area contributed by atoms with Crippen LogP contribution in [0.25, 0.3) is 0 Å². The van der Waals surface area contributed by atoms with Gasteiger partial charge in [-0.1, -0.05) is 6.92 Å². The summed E-state index contributed by atoms with van der Waals surface area (Å²) in [6.07, 6.45) is 3.09. The maximum absolute atomic E-state index is 11.8. The largest absolute Gasteiger partial charge is 0.380 e. The molecule has 0 aromatic heterocycles. The van der Waals surface area contributed by atoms with E-state index in [9.17, 15) is 9.59 Å². The van der Waals surface area contributed by atoms with E-state index in [1.807, 2.05) is 4.90 Å². The molecule has 1 saturated heterocycles. The summed E-state index contributed by atoms with van der Waals surface area (Å²) in [6.45, 7) is 6.40. The van der Waals surface area contributed by atoms with E-state index in [4.69, 9.17) is 4.74 Å². The van der Waals surface area contributed by atoms with Gasteiger partial charge in [0.05, 0.1) is 19.6 Å². The Morgan fingerprint density at radius 1 is 1.18 bits per heavy atom. The van der Waals surface area contributed by atoms with Gasteiger partial charge in [-0.25, -0.2) is 0 Å². The lowest BCUT2D eigenvalue weighted by atomic mass is 9.99. The van der Waals surface area contributed by atoms with Crippen LogP contribution in [-0.2, 0) is 14.3 Å². The average Bonchev–Trinajstić information content (AvgIpc) is 2.29. The molecular weight excluding hydrogens is 218 g/mol. The number of rotatable bonds is 6. The molecule has 1 aliphatic heterocycles. The SMILES string of the molecule is CC(=O)CCOCCC(=O)N1CCC(C)CC1. The molecule has 0 aromatic carbocycles. The minimum atomic E-state index is 0.126. The maximum atomic E-state index is 11.8. The van der Waals surface area contributed by atoms with Gasteiger partial charge < -0.3 is 9.64 Å². The van der Waals surface area contributed by atoms with Crippen LogP contribution in [-0.4, -0.2) is 42.9 Å². The molecule has 1 heterocycles. The Morgan fingerprint density at radius 2 is 1.76 bits per heavy atom. The van der Waals surface area contributed by atoms with E-state index in [0.29, 0.717) is 26.1 Å². The smallest absolute Gasteiger partial charge is 0.224 e. The van der Waals surface area contributed by atoms with Crippen molar-refractivity contribution < 1.29 is 14.3 Å². The van der Waals surface area contributed by atoms with E-state index < -0.39 is 0 Å². The lowest BCUT2D eigenvalue weighted by Crippen LogP contribution is -2.38. The number of carbonyl (C=O) groups is 2. The van der Waals surface area contributed by atoms with Crippen LogP contribution < -0.4 is 0 Å². The molecule has 4 heteroatoms. The Balaban J connectivity index is 2.06. The van der Waals surface area contributed by atoms with Crippen molar-refractivity contribution >= 4 is 11.7 Å². The van der Waals surface area contributed by atoms with Crippen LogP contribution in [0.5, 0.6) is 0 Å². The topological polar surface area (TPSA) is 46.6 Å². The zero-order valence-electron chi connectivity index (χ0n) is 10.9. The van der Waals surface area contributed by atoms with Crippen LogP contribution in [0.1, 0.15) is 39.5 Å². The summed E-state index contributed by atoms with van der Waals surface area (Å²) in [5.41, 5.74) is 0. The Morgan fingerprint density at radius 3 is 2.35 bits per heavy atom. The molecule has 1 fully saturated rings. The van der Waals surface area contributed by atoms with Gasteiger partial charge >= 0.3 is 0 Å². The number of carbonyl (C=O) groups excluding carboxylic acids is 2. The quantitative estimate of drug-likeness (QED) is 0.664. The molecule has 0 unspecified atom stereocenters. The number of ketones is 1. The number of hydrogen-bond donors (Lipinski definition) is 0. The van der Waals surface area contributed by atoms with Crippen molar-refractivity contribution in [3.8, 4) is 0 Å². The molecule has 0 aliphatic carbocycles. The van der Waals surface area contributed by atoms with Crippen molar-refractivity contribution in [1.82, 2.24) is 4.90 Å². The molecule has 98 valence electrons. The number of amides is 1. The van der Waals surface area contributed by atoms with Crippen molar-refractivity contribution in [2.75, 3.05) is 26.3 Å². The molecule has 1 aliphatic rings. The second kappa shape index (κ2) is 7.43. The minimum absolute atomic E-state index is 0.126. The standard InChI is InChI=1S/C13H23NO3/c1-11-3-7-14(8-4-11)13(16)6-10-17-9-5-12(2)15/h11H,3-10H2,1-2H3. The first-order valence-electron chi connectivity index (χ1n) is 6.44. The van der Waals surface area contributed by atoms with Gasteiger partial charge in [-0.3, -0.25) is 9.59 Å². The number of Topliss-reactive ketones (excluding diaryl/α,β-unsaturated/α-hetero) is 1. The zero-order chi connectivity index (χ0) is 12.7. The molecule has 0 atom stereocenters. The Kier molecular flexibility index (Phi) is 6.19. The summed E-state index contributed by atoms with van der Waals surface area (Å²) in [4.78, 5) is 24.4. The average molecular weight is 241 g/mol. The lowest BCUT2D eigenvalue weighted by molar-refractivity contribution is -0.133. The van der Waals surface area contributed by atoms with E-state index >= 15 is 0 Å². The monoisotopic (exact) mass is 241 g/mol. The van der Waals surface area contributed by atoms with E-state index in [-0.39, 0.29) is 11.7 Å². The summed E-state index contributed by atoms with van der Waals surface area (Å²) in [5, 5.41) is 0. The van der Waals surface area contributed by atoms with Crippen LogP contribution in [0.15, 0.2) is 0 Å². The third-order valence-corrected chi connectivity index (χ3v) is 3.20. The molecule has 0 bridgehead atoms. The molecule has 1 rings (SSSR count). The molecule has 0 aromatic rings. The van der Waals surface area contributed by atoms with Gasteiger partial charge in [0.1, 0.15) is 5.78 Å². The highest BCUT2D eigenvalue weighted by molar-refractivity contribution is 5.76. The second-order valence-corrected chi connectivity index (χ2v) is 4.88. The molecule has 4 nitrogen and oxygen atoms in total. The fourth-order valence-electron chi connectivity index (χ4n) is 1.89. The van der Waals surface area contributed by atoms with Crippen LogP contribution in [0, 0.1) is 5.92 Å². The summed E-state index contributed by atoms with van der Waals surface area (Å²) in [6, 6.07) is 0. The van der Waals surface area contributed by atoms with Crippen molar-refractivity contribution in [3.05, 3.63) is 0 Å². The predicted molar refractivity (Wildman–Crippen MR) is 65.7 cm³/mol. The third-order valence-electron chi connectivity index (χ3n) is 3.20. The first-order chi connectivity index (χ1) is 8.09. The van der Waals surface area contributed by atoms with Gasteiger partial charge in [0.25, 0.3) is 0 Å². The van der Waals surface area contributed by atoms with Gasteiger partial charge in [0.2, 0.25) is 5.91 Å². The molecule has 17 heavy (non-hydrogen) atoms. The van der Waals surface area contributed by atoms with Crippen molar-refractivity contribution in [1.29, 1.82) is 0 Å². The molecule has 1 amide bonds. The highest BCUT2D eigenvalue weighted by Crippen LogP contribution is 2.16. The normalized spacial score (nSPS) is 17.2. The first kappa shape index (κ1) is 14.2. The molecule has 0 radical (unpaired) electrons. The number of ether oxygens (including phenoxy) is 1. The number of likely N-dealkylation sites (tertiary alicyclic amines) is 1. The summed E-state index contributed by atoms with van der Waals surface area (Å²) < 4.78 is 5.26. The van der Waals surface area contributed by atoms with Crippen LogP contribution >= 0.6 is 0 Å². The van der Waals surface area contributed by atoms with Gasteiger partial charge in [-0.05, 0) is 25.7 Å². The fraction of sp³-hybridized carbons (Fsp3) is 0.846. The maximum Gasteiger partial charge on any atom is 0.224 e. The third kappa shape index (κ3) is 5.82. The van der Waals surface area contributed by atoms with Gasteiger partial charge in [0.15, 0.2) is 0 Å². The van der Waals surface area contributed by atoms with Crippen LogP contribution in [0.4, 0.5) is 0 Å². The van der Waals surface area contributed by atoms with Gasteiger partial charge in [-0.2, -0.15) is 0 Å². The summed E-state index contributed by atoms with van der Waals surface area (Å²) in [7, 11) is 0. The van der Waals surface area contributed by atoms with E-state index in [1.165, 1.54) is 0 Å². The van der Waals surface area contributed by atoms with Crippen molar-refractivity contribution in [2.24, 2.45) is 5.92 Å². The lowest BCUT2D eigenvalue weighted by Gasteiger charge is -2.30. The van der Waals surface area contributed by atoms with E-state index in [1.54, 1.807) is 6.92 Å². The predicted octanol–water partition coefficient (Wildman–Crippen LogP) is 1.63. The molecule has 0 saturated carbocycles. The highest BCUT2D eigenvalue weighted by Gasteiger charge is 2.19. The Hall–Kier alpha value is -0.900. The number of piperidine rings is 1. The fourth-order valence-corrected chi connectivity index (χ4v) is 1.89.